The van der Waals surface area contributed by atoms with E-state index in [0.717, 1.165) is 6.42 Å². The van der Waals surface area contributed by atoms with Gasteiger partial charge in [-0.15, -0.1) is 0 Å². The van der Waals surface area contributed by atoms with Crippen LogP contribution in [0, 0.1) is 0 Å². The maximum atomic E-state index is 11.4. The van der Waals surface area contributed by atoms with Gasteiger partial charge in [0.05, 0.1) is 18.8 Å². The Hall–Kier alpha value is -2.04. The molecular weight excluding hydrogens is 248 g/mol. The highest BCUT2D eigenvalue weighted by Gasteiger charge is 2.29. The molecule has 2 rings (SSSR count). The lowest BCUT2D eigenvalue weighted by molar-refractivity contribution is -0.143. The second-order valence-electron chi connectivity index (χ2n) is 4.23. The van der Waals surface area contributed by atoms with Crippen LogP contribution in [0.4, 0.5) is 0 Å². The third-order valence-electron chi connectivity index (χ3n) is 2.74. The number of carbonyl (C=O) groups excluding carboxylic acids is 2. The topological polar surface area (TPSA) is 61.8 Å². The van der Waals surface area contributed by atoms with Gasteiger partial charge >= 0.3 is 5.97 Å². The molecule has 1 aliphatic heterocycles. The van der Waals surface area contributed by atoms with Gasteiger partial charge in [-0.05, 0) is 18.6 Å². The molecule has 0 aliphatic carbocycles. The van der Waals surface area contributed by atoms with Crippen LogP contribution in [0.15, 0.2) is 18.2 Å². The van der Waals surface area contributed by atoms with Crippen LogP contribution in [0.3, 0.4) is 0 Å². The van der Waals surface area contributed by atoms with Crippen LogP contribution in [-0.2, 0) is 9.53 Å². The van der Waals surface area contributed by atoms with Crippen molar-refractivity contribution < 1.29 is 23.8 Å². The van der Waals surface area contributed by atoms with Gasteiger partial charge in [0.1, 0.15) is 11.5 Å². The molecule has 0 saturated carbocycles. The van der Waals surface area contributed by atoms with E-state index in [1.807, 2.05) is 6.92 Å². The van der Waals surface area contributed by atoms with E-state index in [-0.39, 0.29) is 0 Å². The Morgan fingerprint density at radius 3 is 2.95 bits per heavy atom. The molecule has 1 fully saturated rings. The zero-order valence-electron chi connectivity index (χ0n) is 10.8. The molecule has 0 amide bonds. The third kappa shape index (κ3) is 3.24. The standard InChI is InChI=1S/C14H16O5/c1-2-6-17-11-4-3-10(9-15)13(8-11)19-12-5-7-18-14(12)16/h3-4,8-9,12H,2,5-7H2,1H3. The molecule has 0 spiro atoms. The van der Waals surface area contributed by atoms with Crippen LogP contribution in [0.2, 0.25) is 0 Å². The van der Waals surface area contributed by atoms with Crippen molar-refractivity contribution in [3.05, 3.63) is 23.8 Å². The molecule has 1 heterocycles. The minimum Gasteiger partial charge on any atom is -0.493 e. The predicted octanol–water partition coefficient (Wildman–Crippen LogP) is 1.98. The van der Waals surface area contributed by atoms with Crippen LogP contribution < -0.4 is 9.47 Å². The van der Waals surface area contributed by atoms with Crippen molar-refractivity contribution in [1.29, 1.82) is 0 Å². The number of rotatable bonds is 6. The van der Waals surface area contributed by atoms with Gasteiger partial charge in [0.2, 0.25) is 0 Å². The first-order chi connectivity index (χ1) is 9.24. The SMILES string of the molecule is CCCOc1ccc(C=O)c(OC2CCOC2=O)c1. The molecule has 1 aromatic carbocycles. The minimum atomic E-state index is -0.639. The van der Waals surface area contributed by atoms with E-state index in [9.17, 15) is 9.59 Å². The molecule has 0 bridgehead atoms. The van der Waals surface area contributed by atoms with Gasteiger partial charge < -0.3 is 14.2 Å². The number of hydrogen-bond acceptors (Lipinski definition) is 5. The summed E-state index contributed by atoms with van der Waals surface area (Å²) in [5, 5.41) is 0. The summed E-state index contributed by atoms with van der Waals surface area (Å²) in [6.07, 6.45) is 1.44. The average Bonchev–Trinajstić information content (AvgIpc) is 2.82. The quantitative estimate of drug-likeness (QED) is 0.580. The van der Waals surface area contributed by atoms with Gasteiger partial charge in [-0.2, -0.15) is 0 Å². The van der Waals surface area contributed by atoms with Crippen LogP contribution in [-0.4, -0.2) is 31.6 Å². The highest BCUT2D eigenvalue weighted by molar-refractivity contribution is 5.81. The number of hydrogen-bond donors (Lipinski definition) is 0. The molecule has 5 heteroatoms. The van der Waals surface area contributed by atoms with E-state index in [0.29, 0.717) is 43.0 Å². The minimum absolute atomic E-state index is 0.353. The summed E-state index contributed by atoms with van der Waals surface area (Å²) in [5.74, 6) is 0.581. The molecule has 1 aromatic rings. The van der Waals surface area contributed by atoms with Gasteiger partial charge in [0.15, 0.2) is 12.4 Å². The fraction of sp³-hybridized carbons (Fsp3) is 0.429. The van der Waals surface area contributed by atoms with Crippen LogP contribution in [0.1, 0.15) is 30.1 Å². The number of aldehydes is 1. The number of benzene rings is 1. The summed E-state index contributed by atoms with van der Waals surface area (Å²) in [4.78, 5) is 22.3. The van der Waals surface area contributed by atoms with Crippen molar-refractivity contribution >= 4 is 12.3 Å². The van der Waals surface area contributed by atoms with Crippen LogP contribution in [0.25, 0.3) is 0 Å². The fourth-order valence-electron chi connectivity index (χ4n) is 1.76. The lowest BCUT2D eigenvalue weighted by Gasteiger charge is -2.13. The summed E-state index contributed by atoms with van der Waals surface area (Å²) in [5.41, 5.74) is 0.392. The summed E-state index contributed by atoms with van der Waals surface area (Å²) in [6.45, 7) is 2.95. The largest absolute Gasteiger partial charge is 0.493 e. The average molecular weight is 264 g/mol. The van der Waals surface area contributed by atoms with Gasteiger partial charge in [-0.3, -0.25) is 4.79 Å². The number of carbonyl (C=O) groups is 2. The Bertz CT molecular complexity index is 469. The van der Waals surface area contributed by atoms with Crippen molar-refractivity contribution in [2.45, 2.75) is 25.9 Å². The Kier molecular flexibility index (Phi) is 4.39. The second-order valence-corrected chi connectivity index (χ2v) is 4.23. The molecule has 1 aliphatic rings. The summed E-state index contributed by atoms with van der Waals surface area (Å²) >= 11 is 0. The second kappa shape index (κ2) is 6.22. The van der Waals surface area contributed by atoms with Gasteiger partial charge in [0.25, 0.3) is 0 Å². The Balaban J connectivity index is 2.15. The predicted molar refractivity (Wildman–Crippen MR) is 67.6 cm³/mol. The molecule has 0 radical (unpaired) electrons. The van der Waals surface area contributed by atoms with Crippen molar-refractivity contribution in [2.24, 2.45) is 0 Å². The summed E-state index contributed by atoms with van der Waals surface area (Å²) < 4.78 is 15.8. The Morgan fingerprint density at radius 2 is 2.32 bits per heavy atom. The first-order valence-electron chi connectivity index (χ1n) is 6.30. The molecule has 1 unspecified atom stereocenters. The smallest absolute Gasteiger partial charge is 0.347 e. The van der Waals surface area contributed by atoms with Crippen LogP contribution >= 0.6 is 0 Å². The first-order valence-corrected chi connectivity index (χ1v) is 6.30. The Morgan fingerprint density at radius 1 is 1.47 bits per heavy atom. The maximum Gasteiger partial charge on any atom is 0.347 e. The first kappa shape index (κ1) is 13.4. The van der Waals surface area contributed by atoms with Crippen molar-refractivity contribution in [2.75, 3.05) is 13.2 Å². The lowest BCUT2D eigenvalue weighted by Crippen LogP contribution is -2.22. The number of ether oxygens (including phenoxy) is 3. The zero-order chi connectivity index (χ0) is 13.7. The lowest BCUT2D eigenvalue weighted by atomic mass is 10.2. The Labute approximate surface area is 111 Å². The molecule has 102 valence electrons. The van der Waals surface area contributed by atoms with Crippen molar-refractivity contribution in [3.8, 4) is 11.5 Å². The van der Waals surface area contributed by atoms with E-state index < -0.39 is 12.1 Å². The normalized spacial score (nSPS) is 17.9. The monoisotopic (exact) mass is 264 g/mol. The maximum absolute atomic E-state index is 11.4. The van der Waals surface area contributed by atoms with Crippen LogP contribution in [0.5, 0.6) is 11.5 Å². The van der Waals surface area contributed by atoms with E-state index in [1.165, 1.54) is 0 Å². The summed E-state index contributed by atoms with van der Waals surface area (Å²) in [6, 6.07) is 4.96. The van der Waals surface area contributed by atoms with E-state index in [2.05, 4.69) is 0 Å². The zero-order valence-corrected chi connectivity index (χ0v) is 10.8. The molecule has 0 aromatic heterocycles. The van der Waals surface area contributed by atoms with E-state index in [4.69, 9.17) is 14.2 Å². The molecule has 5 nitrogen and oxygen atoms in total. The van der Waals surface area contributed by atoms with E-state index in [1.54, 1.807) is 18.2 Å². The van der Waals surface area contributed by atoms with Crippen molar-refractivity contribution in [1.82, 2.24) is 0 Å². The van der Waals surface area contributed by atoms with Crippen molar-refractivity contribution in [3.63, 3.8) is 0 Å². The molecule has 19 heavy (non-hydrogen) atoms. The van der Waals surface area contributed by atoms with Gasteiger partial charge in [-0.25, -0.2) is 4.79 Å². The molecule has 0 N–H and O–H groups in total. The highest BCUT2D eigenvalue weighted by Crippen LogP contribution is 2.26. The third-order valence-corrected chi connectivity index (χ3v) is 2.74. The molecular formula is C14H16O5. The fourth-order valence-corrected chi connectivity index (χ4v) is 1.76. The molecule has 1 saturated heterocycles. The number of cyclic esters (lactones) is 1. The van der Waals surface area contributed by atoms with E-state index >= 15 is 0 Å². The molecule has 1 atom stereocenters. The number of esters is 1. The van der Waals surface area contributed by atoms with Gasteiger partial charge in [0, 0.05) is 12.5 Å². The highest BCUT2D eigenvalue weighted by atomic mass is 16.6. The van der Waals surface area contributed by atoms with Gasteiger partial charge in [-0.1, -0.05) is 6.92 Å². The summed E-state index contributed by atoms with van der Waals surface area (Å²) in [7, 11) is 0.